The van der Waals surface area contributed by atoms with E-state index >= 15 is 0 Å². The lowest BCUT2D eigenvalue weighted by molar-refractivity contribution is 0.445. The lowest BCUT2D eigenvalue weighted by Gasteiger charge is -2.40. The molecule has 21 heavy (non-hydrogen) atoms. The number of hydrogen-bond acceptors (Lipinski definition) is 2. The highest BCUT2D eigenvalue weighted by Crippen LogP contribution is 2.40. The van der Waals surface area contributed by atoms with Crippen LogP contribution in [0.5, 0.6) is 0 Å². The van der Waals surface area contributed by atoms with Crippen LogP contribution < -0.4 is 5.73 Å². The van der Waals surface area contributed by atoms with Crippen LogP contribution in [0.15, 0.2) is 60.7 Å². The largest absolute Gasteiger partial charge is 0.330 e. The molecule has 2 nitrogen and oxygen atoms in total. The first-order valence-corrected chi connectivity index (χ1v) is 7.56. The van der Waals surface area contributed by atoms with E-state index in [9.17, 15) is 0 Å². The summed E-state index contributed by atoms with van der Waals surface area (Å²) in [6, 6.07) is 20.7. The molecule has 0 saturated carbocycles. The van der Waals surface area contributed by atoms with Crippen molar-refractivity contribution in [3.8, 4) is 0 Å². The fourth-order valence-corrected chi connectivity index (χ4v) is 3.24. The Hall–Kier alpha value is -1.93. The van der Waals surface area contributed by atoms with E-state index in [0.29, 0.717) is 13.0 Å². The van der Waals surface area contributed by atoms with Crippen molar-refractivity contribution >= 4 is 5.71 Å². The van der Waals surface area contributed by atoms with Gasteiger partial charge in [0.15, 0.2) is 0 Å². The van der Waals surface area contributed by atoms with Gasteiger partial charge >= 0.3 is 0 Å². The van der Waals surface area contributed by atoms with Crippen LogP contribution >= 0.6 is 0 Å². The molecule has 0 amide bonds. The quantitative estimate of drug-likeness (QED) is 0.772. The van der Waals surface area contributed by atoms with Crippen LogP contribution in [-0.4, -0.2) is 12.3 Å². The highest BCUT2D eigenvalue weighted by atomic mass is 14.6. The molecule has 2 heteroatoms. The molecule has 0 bridgehead atoms. The van der Waals surface area contributed by atoms with Crippen LogP contribution in [0, 0.1) is 11.3 Å². The first-order valence-electron chi connectivity index (χ1n) is 7.56. The zero-order valence-corrected chi connectivity index (χ0v) is 12.8. The molecule has 0 aliphatic rings. The molecule has 110 valence electrons. The van der Waals surface area contributed by atoms with E-state index in [1.165, 1.54) is 0 Å². The van der Waals surface area contributed by atoms with E-state index in [1.807, 2.05) is 43.3 Å². The Morgan fingerprint density at radius 3 is 1.76 bits per heavy atom. The minimum Gasteiger partial charge on any atom is -0.330 e. The van der Waals surface area contributed by atoms with Crippen molar-refractivity contribution in [3.63, 3.8) is 0 Å². The van der Waals surface area contributed by atoms with Gasteiger partial charge in [-0.1, -0.05) is 74.5 Å². The van der Waals surface area contributed by atoms with Crippen LogP contribution in [-0.2, 0) is 5.41 Å². The van der Waals surface area contributed by atoms with Gasteiger partial charge in [-0.25, -0.2) is 0 Å². The van der Waals surface area contributed by atoms with Gasteiger partial charge in [-0.3, -0.25) is 0 Å². The van der Waals surface area contributed by atoms with Crippen LogP contribution in [0.2, 0.25) is 0 Å². The van der Waals surface area contributed by atoms with Gasteiger partial charge in [-0.05, 0) is 30.0 Å². The lowest BCUT2D eigenvalue weighted by atomic mass is 9.62. The molecule has 1 atom stereocenters. The number of benzene rings is 2. The van der Waals surface area contributed by atoms with E-state index in [4.69, 9.17) is 11.1 Å². The monoisotopic (exact) mass is 280 g/mol. The van der Waals surface area contributed by atoms with Crippen LogP contribution in [0.25, 0.3) is 0 Å². The molecular weight excluding hydrogens is 256 g/mol. The molecule has 0 spiro atoms. The summed E-state index contributed by atoms with van der Waals surface area (Å²) in [7, 11) is 0. The van der Waals surface area contributed by atoms with Gasteiger partial charge in [0.05, 0.1) is 5.41 Å². The minimum atomic E-state index is -0.438. The molecule has 0 aliphatic heterocycles. The van der Waals surface area contributed by atoms with Gasteiger partial charge in [0, 0.05) is 5.71 Å². The van der Waals surface area contributed by atoms with E-state index in [1.54, 1.807) is 0 Å². The summed E-state index contributed by atoms with van der Waals surface area (Å²) in [5.41, 5.74) is 8.62. The molecule has 0 saturated heterocycles. The second-order valence-corrected chi connectivity index (χ2v) is 5.51. The normalized spacial score (nSPS) is 12.9. The lowest BCUT2D eigenvalue weighted by Crippen LogP contribution is -2.45. The SMILES string of the molecule is CCC(=N)C(c1ccccc1)(c1ccccc1)C(C)CN. The van der Waals surface area contributed by atoms with Crippen molar-refractivity contribution in [2.75, 3.05) is 6.54 Å². The number of rotatable bonds is 6. The third-order valence-electron chi connectivity index (χ3n) is 4.38. The second-order valence-electron chi connectivity index (χ2n) is 5.51. The van der Waals surface area contributed by atoms with E-state index in [0.717, 1.165) is 16.8 Å². The van der Waals surface area contributed by atoms with Gasteiger partial charge in [0.25, 0.3) is 0 Å². The smallest absolute Gasteiger partial charge is 0.0614 e. The van der Waals surface area contributed by atoms with Crippen molar-refractivity contribution in [3.05, 3.63) is 71.8 Å². The molecule has 0 radical (unpaired) electrons. The van der Waals surface area contributed by atoms with Crippen molar-refractivity contribution in [2.45, 2.75) is 25.7 Å². The van der Waals surface area contributed by atoms with Crippen LogP contribution in [0.3, 0.4) is 0 Å². The molecule has 3 N–H and O–H groups in total. The first-order chi connectivity index (χ1) is 10.2. The third kappa shape index (κ3) is 2.64. The highest BCUT2D eigenvalue weighted by Gasteiger charge is 2.42. The summed E-state index contributed by atoms with van der Waals surface area (Å²) in [6.45, 7) is 4.74. The standard InChI is InChI=1S/C19H24N2/c1-3-18(21)19(15(2)14-20,16-10-6-4-7-11-16)17-12-8-5-9-13-17/h4-13,15,21H,3,14,20H2,1-2H3. The second kappa shape index (κ2) is 6.68. The maximum Gasteiger partial charge on any atom is 0.0614 e. The van der Waals surface area contributed by atoms with Crippen LogP contribution in [0.4, 0.5) is 0 Å². The highest BCUT2D eigenvalue weighted by molar-refractivity contribution is 5.96. The number of hydrogen-bond donors (Lipinski definition) is 2. The Labute approximate surface area is 127 Å². The van der Waals surface area contributed by atoms with Gasteiger partial charge in [0.1, 0.15) is 0 Å². The topological polar surface area (TPSA) is 49.9 Å². The Balaban J connectivity index is 2.75. The summed E-state index contributed by atoms with van der Waals surface area (Å²) in [6.07, 6.45) is 0.716. The summed E-state index contributed by atoms with van der Waals surface area (Å²) in [5, 5.41) is 8.70. The first kappa shape index (κ1) is 15.5. The molecule has 0 fully saturated rings. The Morgan fingerprint density at radius 2 is 1.43 bits per heavy atom. The van der Waals surface area contributed by atoms with Gasteiger partial charge in [-0.2, -0.15) is 0 Å². The molecule has 0 heterocycles. The number of nitrogens with one attached hydrogen (secondary N) is 1. The fourth-order valence-electron chi connectivity index (χ4n) is 3.24. The zero-order chi connectivity index (χ0) is 15.3. The van der Waals surface area contributed by atoms with Crippen molar-refractivity contribution in [1.29, 1.82) is 5.41 Å². The summed E-state index contributed by atoms with van der Waals surface area (Å²) >= 11 is 0. The van der Waals surface area contributed by atoms with E-state index in [-0.39, 0.29) is 5.92 Å². The van der Waals surface area contributed by atoms with Crippen molar-refractivity contribution < 1.29 is 0 Å². The Bertz CT molecular complexity index is 536. The van der Waals surface area contributed by atoms with Crippen molar-refractivity contribution in [2.24, 2.45) is 11.7 Å². The predicted molar refractivity (Wildman–Crippen MR) is 89.9 cm³/mol. The summed E-state index contributed by atoms with van der Waals surface area (Å²) < 4.78 is 0. The Morgan fingerprint density at radius 1 is 1.00 bits per heavy atom. The maximum absolute atomic E-state index is 8.70. The average molecular weight is 280 g/mol. The third-order valence-corrected chi connectivity index (χ3v) is 4.38. The van der Waals surface area contributed by atoms with Gasteiger partial charge in [0.2, 0.25) is 0 Å². The Kier molecular flexibility index (Phi) is 4.92. The zero-order valence-electron chi connectivity index (χ0n) is 12.8. The molecule has 1 unspecified atom stereocenters. The molecule has 0 aliphatic carbocycles. The molecule has 2 rings (SSSR count). The molecule has 2 aromatic rings. The van der Waals surface area contributed by atoms with Gasteiger partial charge in [-0.15, -0.1) is 0 Å². The van der Waals surface area contributed by atoms with Gasteiger partial charge < -0.3 is 11.1 Å². The summed E-state index contributed by atoms with van der Waals surface area (Å²) in [4.78, 5) is 0. The molecule has 2 aromatic carbocycles. The van der Waals surface area contributed by atoms with E-state index < -0.39 is 5.41 Å². The summed E-state index contributed by atoms with van der Waals surface area (Å²) in [5.74, 6) is 0.162. The maximum atomic E-state index is 8.70. The average Bonchev–Trinajstić information content (AvgIpc) is 2.57. The minimum absolute atomic E-state index is 0.162. The molecular formula is C19H24N2. The molecule has 0 aromatic heterocycles. The van der Waals surface area contributed by atoms with E-state index in [2.05, 4.69) is 31.2 Å². The van der Waals surface area contributed by atoms with Crippen LogP contribution in [0.1, 0.15) is 31.4 Å². The number of nitrogens with two attached hydrogens (primary N) is 1. The fraction of sp³-hybridized carbons (Fsp3) is 0.316. The van der Waals surface area contributed by atoms with Crippen molar-refractivity contribution in [1.82, 2.24) is 0 Å². The predicted octanol–water partition coefficient (Wildman–Crippen LogP) is 4.00.